The first-order valence-corrected chi connectivity index (χ1v) is 6.18. The van der Waals surface area contributed by atoms with Gasteiger partial charge in [0.05, 0.1) is 5.54 Å². The summed E-state index contributed by atoms with van der Waals surface area (Å²) >= 11 is 0. The second-order valence-electron chi connectivity index (χ2n) is 5.37. The molecule has 2 aliphatic carbocycles. The van der Waals surface area contributed by atoms with E-state index in [0.29, 0.717) is 5.92 Å². The minimum Gasteiger partial charge on any atom is -0.368 e. The fourth-order valence-electron chi connectivity index (χ4n) is 2.61. The average molecular weight is 210 g/mol. The molecule has 0 aromatic heterocycles. The molecule has 0 aromatic carbocycles. The third-order valence-corrected chi connectivity index (χ3v) is 4.14. The van der Waals surface area contributed by atoms with Crippen LogP contribution in [0.25, 0.3) is 0 Å². The summed E-state index contributed by atoms with van der Waals surface area (Å²) in [7, 11) is 0. The zero-order chi connectivity index (χ0) is 10.9. The fraction of sp³-hybridized carbons (Fsp3) is 0.917. The lowest BCUT2D eigenvalue weighted by Crippen LogP contribution is -2.58. The first kappa shape index (κ1) is 10.9. The molecule has 1 unspecified atom stereocenters. The van der Waals surface area contributed by atoms with Crippen molar-refractivity contribution in [3.63, 3.8) is 0 Å². The van der Waals surface area contributed by atoms with Crippen LogP contribution in [-0.2, 0) is 4.79 Å². The molecule has 0 aliphatic heterocycles. The smallest absolute Gasteiger partial charge is 0.237 e. The lowest BCUT2D eigenvalue weighted by atomic mass is 9.83. The van der Waals surface area contributed by atoms with E-state index in [1.165, 1.54) is 25.7 Å². The van der Waals surface area contributed by atoms with E-state index in [0.717, 1.165) is 25.3 Å². The van der Waals surface area contributed by atoms with Gasteiger partial charge in [0.25, 0.3) is 0 Å². The van der Waals surface area contributed by atoms with Crippen molar-refractivity contribution < 1.29 is 4.79 Å². The Morgan fingerprint density at radius 1 is 1.33 bits per heavy atom. The molecule has 15 heavy (non-hydrogen) atoms. The highest BCUT2D eigenvalue weighted by molar-refractivity contribution is 5.84. The summed E-state index contributed by atoms with van der Waals surface area (Å²) in [6, 6.07) is 0. The van der Waals surface area contributed by atoms with Crippen molar-refractivity contribution >= 4 is 5.91 Å². The number of carbonyl (C=O) groups excluding carboxylic acids is 1. The standard InChI is InChI=1S/C12H22N2O/c1-12(11(13)15,10-4-2-3-5-10)14-8-9-6-7-9/h9-10,14H,2-8H2,1H3,(H2,13,15). The van der Waals surface area contributed by atoms with Crippen molar-refractivity contribution in [2.45, 2.75) is 51.0 Å². The maximum atomic E-state index is 11.6. The van der Waals surface area contributed by atoms with E-state index in [1.54, 1.807) is 0 Å². The molecule has 2 saturated carbocycles. The lowest BCUT2D eigenvalue weighted by molar-refractivity contribution is -0.125. The van der Waals surface area contributed by atoms with Gasteiger partial charge < -0.3 is 11.1 Å². The third-order valence-electron chi connectivity index (χ3n) is 4.14. The topological polar surface area (TPSA) is 55.1 Å². The Balaban J connectivity index is 1.96. The maximum absolute atomic E-state index is 11.6. The second-order valence-corrected chi connectivity index (χ2v) is 5.37. The van der Waals surface area contributed by atoms with E-state index < -0.39 is 5.54 Å². The van der Waals surface area contributed by atoms with E-state index in [-0.39, 0.29) is 5.91 Å². The number of carbonyl (C=O) groups is 1. The summed E-state index contributed by atoms with van der Waals surface area (Å²) in [5.74, 6) is 1.08. The Kier molecular flexibility index (Phi) is 3.01. The molecule has 0 spiro atoms. The van der Waals surface area contributed by atoms with Crippen LogP contribution in [0.4, 0.5) is 0 Å². The quantitative estimate of drug-likeness (QED) is 0.721. The molecule has 3 heteroatoms. The highest BCUT2D eigenvalue weighted by Crippen LogP contribution is 2.35. The zero-order valence-electron chi connectivity index (χ0n) is 9.59. The fourth-order valence-corrected chi connectivity index (χ4v) is 2.61. The van der Waals surface area contributed by atoms with Crippen molar-refractivity contribution in [3.05, 3.63) is 0 Å². The summed E-state index contributed by atoms with van der Waals surface area (Å²) in [5, 5.41) is 3.42. The molecule has 0 saturated heterocycles. The van der Waals surface area contributed by atoms with Crippen LogP contribution in [0, 0.1) is 11.8 Å². The first-order valence-electron chi connectivity index (χ1n) is 6.18. The van der Waals surface area contributed by atoms with Gasteiger partial charge in [-0.1, -0.05) is 12.8 Å². The highest BCUT2D eigenvalue weighted by Gasteiger charge is 2.41. The van der Waals surface area contributed by atoms with Crippen LogP contribution in [0.15, 0.2) is 0 Å². The molecule has 1 amide bonds. The molecule has 0 heterocycles. The van der Waals surface area contributed by atoms with Crippen LogP contribution in [0.1, 0.15) is 45.4 Å². The number of nitrogens with two attached hydrogens (primary N) is 1. The summed E-state index contributed by atoms with van der Waals surface area (Å²) in [6.45, 7) is 2.96. The average Bonchev–Trinajstić information content (AvgIpc) is 2.86. The molecule has 0 aromatic rings. The summed E-state index contributed by atoms with van der Waals surface area (Å²) in [5.41, 5.74) is 5.10. The van der Waals surface area contributed by atoms with Crippen molar-refractivity contribution in [2.24, 2.45) is 17.6 Å². The zero-order valence-corrected chi connectivity index (χ0v) is 9.59. The number of nitrogens with one attached hydrogen (secondary N) is 1. The van der Waals surface area contributed by atoms with Gasteiger partial charge in [-0.15, -0.1) is 0 Å². The second kappa shape index (κ2) is 4.12. The molecule has 2 rings (SSSR count). The Labute approximate surface area is 91.8 Å². The van der Waals surface area contributed by atoms with E-state index in [4.69, 9.17) is 5.73 Å². The highest BCUT2D eigenvalue weighted by atomic mass is 16.1. The number of amides is 1. The van der Waals surface area contributed by atoms with Gasteiger partial charge in [0.2, 0.25) is 5.91 Å². The normalized spacial score (nSPS) is 26.5. The Hall–Kier alpha value is -0.570. The lowest BCUT2D eigenvalue weighted by Gasteiger charge is -2.33. The number of hydrogen-bond acceptors (Lipinski definition) is 2. The Bertz CT molecular complexity index is 244. The van der Waals surface area contributed by atoms with Crippen molar-refractivity contribution in [1.82, 2.24) is 5.32 Å². The van der Waals surface area contributed by atoms with Crippen LogP contribution < -0.4 is 11.1 Å². The van der Waals surface area contributed by atoms with Crippen LogP contribution in [0.2, 0.25) is 0 Å². The van der Waals surface area contributed by atoms with Crippen LogP contribution in [0.3, 0.4) is 0 Å². The van der Waals surface area contributed by atoms with E-state index in [2.05, 4.69) is 5.32 Å². The Morgan fingerprint density at radius 2 is 1.93 bits per heavy atom. The molecule has 86 valence electrons. The van der Waals surface area contributed by atoms with Crippen molar-refractivity contribution in [1.29, 1.82) is 0 Å². The SMILES string of the molecule is CC(NCC1CC1)(C(N)=O)C1CCCC1. The van der Waals surface area contributed by atoms with Crippen LogP contribution >= 0.6 is 0 Å². The van der Waals surface area contributed by atoms with Gasteiger partial charge in [-0.2, -0.15) is 0 Å². The minimum atomic E-state index is -0.459. The molecule has 3 N–H and O–H groups in total. The van der Waals surface area contributed by atoms with Gasteiger partial charge in [-0.25, -0.2) is 0 Å². The largest absolute Gasteiger partial charge is 0.368 e. The number of primary amides is 1. The van der Waals surface area contributed by atoms with Crippen molar-refractivity contribution in [2.75, 3.05) is 6.54 Å². The molecule has 0 bridgehead atoms. The minimum absolute atomic E-state index is 0.171. The predicted octanol–water partition coefficient (Wildman–Crippen LogP) is 1.42. The predicted molar refractivity (Wildman–Crippen MR) is 60.3 cm³/mol. The molecule has 2 aliphatic rings. The summed E-state index contributed by atoms with van der Waals surface area (Å²) in [4.78, 5) is 11.6. The van der Waals surface area contributed by atoms with Gasteiger partial charge in [-0.3, -0.25) is 4.79 Å². The molecule has 3 nitrogen and oxygen atoms in total. The van der Waals surface area contributed by atoms with Gasteiger partial charge >= 0.3 is 0 Å². The third kappa shape index (κ3) is 2.33. The van der Waals surface area contributed by atoms with Gasteiger partial charge in [-0.05, 0) is 51.0 Å². The molecular formula is C12H22N2O. The number of rotatable bonds is 5. The van der Waals surface area contributed by atoms with Gasteiger partial charge in [0.1, 0.15) is 0 Å². The van der Waals surface area contributed by atoms with Crippen molar-refractivity contribution in [3.8, 4) is 0 Å². The summed E-state index contributed by atoms with van der Waals surface area (Å²) in [6.07, 6.45) is 7.42. The van der Waals surface area contributed by atoms with Crippen LogP contribution in [0.5, 0.6) is 0 Å². The molecule has 0 radical (unpaired) electrons. The number of hydrogen-bond donors (Lipinski definition) is 2. The van der Waals surface area contributed by atoms with E-state index >= 15 is 0 Å². The van der Waals surface area contributed by atoms with E-state index in [1.807, 2.05) is 6.92 Å². The maximum Gasteiger partial charge on any atom is 0.237 e. The summed E-state index contributed by atoms with van der Waals surface area (Å²) < 4.78 is 0. The molecular weight excluding hydrogens is 188 g/mol. The monoisotopic (exact) mass is 210 g/mol. The molecule has 2 fully saturated rings. The Morgan fingerprint density at radius 3 is 2.40 bits per heavy atom. The van der Waals surface area contributed by atoms with Gasteiger partial charge in [0.15, 0.2) is 0 Å². The molecule has 1 atom stereocenters. The van der Waals surface area contributed by atoms with E-state index in [9.17, 15) is 4.79 Å². The van der Waals surface area contributed by atoms with Crippen LogP contribution in [-0.4, -0.2) is 18.0 Å². The van der Waals surface area contributed by atoms with Gasteiger partial charge in [0, 0.05) is 0 Å². The first-order chi connectivity index (χ1) is 7.13.